The zero-order valence-electron chi connectivity index (χ0n) is 12.0. The van der Waals surface area contributed by atoms with E-state index in [2.05, 4.69) is 4.98 Å². The zero-order chi connectivity index (χ0) is 15.6. The molecule has 5 rings (SSSR count). The van der Waals surface area contributed by atoms with E-state index in [1.165, 1.54) is 11.3 Å². The highest BCUT2D eigenvalue weighted by atomic mass is 32.1. The Morgan fingerprint density at radius 3 is 2.91 bits per heavy atom. The molecule has 0 saturated heterocycles. The van der Waals surface area contributed by atoms with Crippen molar-refractivity contribution < 1.29 is 19.4 Å². The Labute approximate surface area is 134 Å². The lowest BCUT2D eigenvalue weighted by atomic mass is 10.1. The number of hydrogen-bond donors (Lipinski definition) is 1. The molecule has 23 heavy (non-hydrogen) atoms. The van der Waals surface area contributed by atoms with Crippen LogP contribution >= 0.6 is 11.3 Å². The zero-order valence-corrected chi connectivity index (χ0v) is 12.8. The number of imidazole rings is 1. The number of ether oxygens (including phenoxy) is 2. The van der Waals surface area contributed by atoms with E-state index in [0.29, 0.717) is 16.5 Å². The van der Waals surface area contributed by atoms with Gasteiger partial charge < -0.3 is 14.6 Å². The summed E-state index contributed by atoms with van der Waals surface area (Å²) in [5.74, 6) is 0.926. The first-order chi connectivity index (χ1) is 11.2. The van der Waals surface area contributed by atoms with Gasteiger partial charge >= 0.3 is 5.97 Å². The predicted molar refractivity (Wildman–Crippen MR) is 83.6 cm³/mol. The molecule has 1 saturated carbocycles. The first kappa shape index (κ1) is 13.0. The van der Waals surface area contributed by atoms with Crippen molar-refractivity contribution in [2.45, 2.75) is 18.8 Å². The number of nitrogens with zero attached hydrogens (tertiary/aromatic N) is 2. The van der Waals surface area contributed by atoms with E-state index in [1.807, 2.05) is 28.8 Å². The minimum atomic E-state index is -0.868. The van der Waals surface area contributed by atoms with Crippen LogP contribution in [0, 0.1) is 0 Å². The van der Waals surface area contributed by atoms with Crippen LogP contribution in [-0.4, -0.2) is 27.3 Å². The van der Waals surface area contributed by atoms with Crippen molar-refractivity contribution in [3.8, 4) is 22.8 Å². The third-order valence-corrected chi connectivity index (χ3v) is 5.24. The van der Waals surface area contributed by atoms with Crippen molar-refractivity contribution in [2.75, 3.05) is 6.79 Å². The molecule has 0 radical (unpaired) electrons. The summed E-state index contributed by atoms with van der Waals surface area (Å²) in [6.07, 6.45) is 4.01. The summed E-state index contributed by atoms with van der Waals surface area (Å²) in [6, 6.07) is 5.72. The van der Waals surface area contributed by atoms with Gasteiger partial charge in [-0.15, -0.1) is 0 Å². The normalized spacial score (nSPS) is 16.2. The Kier molecular flexibility index (Phi) is 2.52. The fourth-order valence-electron chi connectivity index (χ4n) is 2.95. The number of carbonyl (C=O) groups is 1. The summed E-state index contributed by atoms with van der Waals surface area (Å²) in [5.41, 5.74) is 2.63. The molecule has 2 aliphatic rings. The smallest absolute Gasteiger partial charge is 0.347 e. The molecule has 0 amide bonds. The monoisotopic (exact) mass is 328 g/mol. The number of hydrogen-bond acceptors (Lipinski definition) is 5. The van der Waals surface area contributed by atoms with Crippen LogP contribution in [0.25, 0.3) is 16.2 Å². The largest absolute Gasteiger partial charge is 0.477 e. The van der Waals surface area contributed by atoms with Crippen molar-refractivity contribution in [1.82, 2.24) is 9.38 Å². The van der Waals surface area contributed by atoms with Gasteiger partial charge in [-0.1, -0.05) is 11.3 Å². The van der Waals surface area contributed by atoms with Gasteiger partial charge in [-0.05, 0) is 31.0 Å². The summed E-state index contributed by atoms with van der Waals surface area (Å²) < 4.78 is 12.7. The lowest BCUT2D eigenvalue weighted by molar-refractivity contribution is 0.0700. The second-order valence-corrected chi connectivity index (χ2v) is 6.72. The second kappa shape index (κ2) is 4.48. The van der Waals surface area contributed by atoms with Crippen molar-refractivity contribution in [1.29, 1.82) is 0 Å². The van der Waals surface area contributed by atoms with Gasteiger partial charge in [0.15, 0.2) is 16.5 Å². The standard InChI is InChI=1S/C16H12N2O4S/c19-15(20)14-13(8-1-2-8)18-6-10(17-16(18)23-14)9-3-4-11-12(5-9)22-7-21-11/h3-6,8H,1-2,7H2,(H,19,20). The molecule has 7 heteroatoms. The third kappa shape index (κ3) is 1.93. The van der Waals surface area contributed by atoms with E-state index in [9.17, 15) is 9.90 Å². The summed E-state index contributed by atoms with van der Waals surface area (Å²) >= 11 is 1.24. The van der Waals surface area contributed by atoms with Crippen LogP contribution in [-0.2, 0) is 0 Å². The van der Waals surface area contributed by atoms with Gasteiger partial charge in [-0.2, -0.15) is 0 Å². The number of benzene rings is 1. The van der Waals surface area contributed by atoms with Gasteiger partial charge in [-0.3, -0.25) is 4.40 Å². The summed E-state index contributed by atoms with van der Waals surface area (Å²) in [5, 5.41) is 9.39. The minimum absolute atomic E-state index is 0.241. The molecule has 6 nitrogen and oxygen atoms in total. The van der Waals surface area contributed by atoms with Crippen molar-refractivity contribution in [2.24, 2.45) is 0 Å². The number of thiazole rings is 1. The molecule has 0 unspecified atom stereocenters. The van der Waals surface area contributed by atoms with Crippen LogP contribution in [0.3, 0.4) is 0 Å². The van der Waals surface area contributed by atoms with Gasteiger partial charge in [0, 0.05) is 17.7 Å². The first-order valence-electron chi connectivity index (χ1n) is 7.36. The molecule has 1 aliphatic heterocycles. The maximum atomic E-state index is 11.4. The second-order valence-electron chi connectivity index (χ2n) is 5.74. The molecule has 1 aromatic carbocycles. The number of aromatic nitrogens is 2. The maximum absolute atomic E-state index is 11.4. The quantitative estimate of drug-likeness (QED) is 0.798. The topological polar surface area (TPSA) is 73.1 Å². The Hall–Kier alpha value is -2.54. The van der Waals surface area contributed by atoms with E-state index in [0.717, 1.165) is 40.5 Å². The fourth-order valence-corrected chi connectivity index (χ4v) is 3.98. The molecule has 3 heterocycles. The van der Waals surface area contributed by atoms with Gasteiger partial charge in [0.1, 0.15) is 4.88 Å². The Morgan fingerprint density at radius 1 is 1.30 bits per heavy atom. The van der Waals surface area contributed by atoms with E-state index in [-0.39, 0.29) is 6.79 Å². The lowest BCUT2D eigenvalue weighted by Crippen LogP contribution is -1.99. The molecular formula is C16H12N2O4S. The average Bonchev–Trinajstić information content (AvgIpc) is 2.98. The minimum Gasteiger partial charge on any atom is -0.477 e. The molecule has 2 aromatic heterocycles. The molecule has 0 atom stereocenters. The van der Waals surface area contributed by atoms with Crippen LogP contribution < -0.4 is 9.47 Å². The predicted octanol–water partition coefficient (Wildman–Crippen LogP) is 3.37. The molecule has 1 fully saturated rings. The summed E-state index contributed by atoms with van der Waals surface area (Å²) in [7, 11) is 0. The Morgan fingerprint density at radius 2 is 2.13 bits per heavy atom. The van der Waals surface area contributed by atoms with E-state index in [1.54, 1.807) is 0 Å². The number of carboxylic acid groups (broad SMARTS) is 1. The fraction of sp³-hybridized carbons (Fsp3) is 0.250. The molecular weight excluding hydrogens is 316 g/mol. The van der Waals surface area contributed by atoms with Gasteiger partial charge in [0.25, 0.3) is 0 Å². The molecule has 1 N–H and O–H groups in total. The highest BCUT2D eigenvalue weighted by molar-refractivity contribution is 7.19. The van der Waals surface area contributed by atoms with Crippen molar-refractivity contribution in [3.63, 3.8) is 0 Å². The highest BCUT2D eigenvalue weighted by Crippen LogP contribution is 2.45. The molecule has 116 valence electrons. The first-order valence-corrected chi connectivity index (χ1v) is 8.17. The van der Waals surface area contributed by atoms with Crippen molar-refractivity contribution >= 4 is 22.3 Å². The van der Waals surface area contributed by atoms with Gasteiger partial charge in [0.2, 0.25) is 6.79 Å². The number of aromatic carboxylic acids is 1. The summed E-state index contributed by atoms with van der Waals surface area (Å²) in [4.78, 5) is 17.2. The maximum Gasteiger partial charge on any atom is 0.347 e. The van der Waals surface area contributed by atoms with Crippen LogP contribution in [0.4, 0.5) is 0 Å². The lowest BCUT2D eigenvalue weighted by Gasteiger charge is -2.00. The van der Waals surface area contributed by atoms with Crippen LogP contribution in [0.2, 0.25) is 0 Å². The molecule has 0 bridgehead atoms. The Balaban J connectivity index is 1.65. The molecule has 0 spiro atoms. The average molecular weight is 328 g/mol. The van der Waals surface area contributed by atoms with Crippen LogP contribution in [0.1, 0.15) is 34.1 Å². The van der Waals surface area contributed by atoms with E-state index >= 15 is 0 Å². The van der Waals surface area contributed by atoms with E-state index in [4.69, 9.17) is 9.47 Å². The van der Waals surface area contributed by atoms with Gasteiger partial charge in [0.05, 0.1) is 11.4 Å². The van der Waals surface area contributed by atoms with E-state index < -0.39 is 5.97 Å². The van der Waals surface area contributed by atoms with Crippen LogP contribution in [0.5, 0.6) is 11.5 Å². The van der Waals surface area contributed by atoms with Gasteiger partial charge in [-0.25, -0.2) is 9.78 Å². The summed E-state index contributed by atoms with van der Waals surface area (Å²) in [6.45, 7) is 0.241. The van der Waals surface area contributed by atoms with Crippen LogP contribution in [0.15, 0.2) is 24.4 Å². The SMILES string of the molecule is O=C(O)c1sc2nc(-c3ccc4c(c3)OCO4)cn2c1C1CC1. The third-order valence-electron chi connectivity index (χ3n) is 4.19. The van der Waals surface area contributed by atoms with Crippen molar-refractivity contribution in [3.05, 3.63) is 35.0 Å². The number of carboxylic acids is 1. The Bertz CT molecular complexity index is 955. The number of rotatable bonds is 3. The molecule has 1 aliphatic carbocycles. The molecule has 3 aromatic rings. The highest BCUT2D eigenvalue weighted by Gasteiger charge is 2.33. The number of fused-ring (bicyclic) bond motifs is 2.